The van der Waals surface area contributed by atoms with E-state index in [1.807, 2.05) is 7.05 Å². The van der Waals surface area contributed by atoms with Gasteiger partial charge < -0.3 is 9.67 Å². The molecule has 1 N–H and O–H groups in total. The molecular formula is C8H10N2O. The first-order valence-corrected chi connectivity index (χ1v) is 3.33. The number of rotatable bonds is 2. The normalized spacial score (nSPS) is 12.5. The van der Waals surface area contributed by atoms with E-state index < -0.39 is 6.10 Å². The first-order chi connectivity index (χ1) is 5.24. The molecule has 0 saturated carbocycles. The number of aryl methyl sites for hydroxylation is 1. The molecule has 1 aromatic heterocycles. The smallest absolute Gasteiger partial charge is 0.108 e. The molecule has 11 heavy (non-hydrogen) atoms. The van der Waals surface area contributed by atoms with Gasteiger partial charge in [0.15, 0.2) is 0 Å². The molecule has 1 rings (SSSR count). The number of hydrogen-bond acceptors (Lipinski definition) is 2. The van der Waals surface area contributed by atoms with E-state index >= 15 is 0 Å². The lowest BCUT2D eigenvalue weighted by molar-refractivity contribution is 0.179. The second-order valence-corrected chi connectivity index (χ2v) is 2.39. The molecule has 0 amide bonds. The lowest BCUT2D eigenvalue weighted by atomic mass is 10.2. The van der Waals surface area contributed by atoms with Gasteiger partial charge in [-0.3, -0.25) is 0 Å². The Bertz CT molecular complexity index is 272. The van der Waals surface area contributed by atoms with Gasteiger partial charge in [0.1, 0.15) is 6.10 Å². The van der Waals surface area contributed by atoms with Crippen molar-refractivity contribution in [2.24, 2.45) is 7.05 Å². The van der Waals surface area contributed by atoms with Crippen LogP contribution in [0, 0.1) is 12.3 Å². The van der Waals surface area contributed by atoms with E-state index in [0.29, 0.717) is 12.1 Å². The lowest BCUT2D eigenvalue weighted by Crippen LogP contribution is -1.95. The van der Waals surface area contributed by atoms with Gasteiger partial charge in [-0.05, 0) is 0 Å². The number of hydrogen-bond donors (Lipinski definition) is 1. The van der Waals surface area contributed by atoms with Gasteiger partial charge >= 0.3 is 0 Å². The molecule has 0 fully saturated rings. The van der Waals surface area contributed by atoms with Crippen LogP contribution in [0.1, 0.15) is 18.2 Å². The Morgan fingerprint density at radius 1 is 1.91 bits per heavy atom. The first-order valence-electron chi connectivity index (χ1n) is 3.33. The molecule has 1 unspecified atom stereocenters. The highest BCUT2D eigenvalue weighted by Gasteiger charge is 2.07. The maximum Gasteiger partial charge on any atom is 0.108 e. The zero-order chi connectivity index (χ0) is 8.27. The van der Waals surface area contributed by atoms with Crippen LogP contribution in [0.4, 0.5) is 0 Å². The minimum atomic E-state index is -0.624. The molecule has 0 saturated heterocycles. The first kappa shape index (κ1) is 7.83. The summed E-state index contributed by atoms with van der Waals surface area (Å²) in [7, 11) is 1.85. The van der Waals surface area contributed by atoms with Crippen molar-refractivity contribution in [2.45, 2.75) is 12.5 Å². The fraction of sp³-hybridized carbons (Fsp3) is 0.375. The lowest BCUT2D eigenvalue weighted by Gasteiger charge is -2.00. The second kappa shape index (κ2) is 3.22. The Labute approximate surface area is 65.7 Å². The van der Waals surface area contributed by atoms with E-state index in [0.717, 1.165) is 0 Å². The number of aromatic nitrogens is 2. The summed E-state index contributed by atoms with van der Waals surface area (Å²) in [5.41, 5.74) is 0.630. The van der Waals surface area contributed by atoms with Gasteiger partial charge in [-0.2, -0.15) is 0 Å². The molecule has 0 bridgehead atoms. The van der Waals surface area contributed by atoms with Crippen LogP contribution in [0.3, 0.4) is 0 Å². The Balaban J connectivity index is 2.70. The molecule has 0 radical (unpaired) electrons. The average Bonchev–Trinajstić information content (AvgIpc) is 2.36. The standard InChI is InChI=1S/C8H10N2O/c1-3-4-8(11)7-5-10(2)6-9-7/h1,5-6,8,11H,4H2,2H3. The molecule has 1 atom stereocenters. The van der Waals surface area contributed by atoms with Gasteiger partial charge in [0, 0.05) is 19.7 Å². The maximum absolute atomic E-state index is 9.32. The summed E-state index contributed by atoms with van der Waals surface area (Å²) in [6, 6.07) is 0. The molecule has 0 aliphatic heterocycles. The molecule has 58 valence electrons. The largest absolute Gasteiger partial charge is 0.386 e. The number of nitrogens with zero attached hydrogens (tertiary/aromatic N) is 2. The Hall–Kier alpha value is -1.27. The molecule has 0 aromatic carbocycles. The number of aliphatic hydroxyl groups is 1. The summed E-state index contributed by atoms with van der Waals surface area (Å²) in [5, 5.41) is 9.32. The predicted molar refractivity (Wildman–Crippen MR) is 41.6 cm³/mol. The zero-order valence-electron chi connectivity index (χ0n) is 6.36. The van der Waals surface area contributed by atoms with Gasteiger partial charge in [0.05, 0.1) is 12.0 Å². The van der Waals surface area contributed by atoms with Crippen LogP contribution in [0.25, 0.3) is 0 Å². The topological polar surface area (TPSA) is 38.0 Å². The molecule has 0 aliphatic rings. The van der Waals surface area contributed by atoms with E-state index in [2.05, 4.69) is 10.9 Å². The minimum absolute atomic E-state index is 0.316. The molecule has 0 aliphatic carbocycles. The van der Waals surface area contributed by atoms with E-state index in [9.17, 15) is 5.11 Å². The highest BCUT2D eigenvalue weighted by molar-refractivity contribution is 5.04. The number of imidazole rings is 1. The fourth-order valence-electron chi connectivity index (χ4n) is 0.821. The van der Waals surface area contributed by atoms with E-state index in [4.69, 9.17) is 6.42 Å². The molecule has 3 heteroatoms. The summed E-state index contributed by atoms with van der Waals surface area (Å²) in [4.78, 5) is 3.95. The summed E-state index contributed by atoms with van der Waals surface area (Å²) >= 11 is 0. The van der Waals surface area contributed by atoms with Crippen molar-refractivity contribution in [1.82, 2.24) is 9.55 Å². The Kier molecular flexibility index (Phi) is 2.29. The predicted octanol–water partition coefficient (Wildman–Crippen LogP) is 0.477. The summed E-state index contributed by atoms with van der Waals surface area (Å²) in [6.07, 6.45) is 8.11. The average molecular weight is 150 g/mol. The van der Waals surface area contributed by atoms with Crippen molar-refractivity contribution < 1.29 is 5.11 Å². The zero-order valence-corrected chi connectivity index (χ0v) is 6.36. The third-order valence-electron chi connectivity index (χ3n) is 1.38. The van der Waals surface area contributed by atoms with Gasteiger partial charge in [-0.15, -0.1) is 12.3 Å². The molecular weight excluding hydrogens is 140 g/mol. The third kappa shape index (κ3) is 1.82. The highest BCUT2D eigenvalue weighted by Crippen LogP contribution is 2.11. The van der Waals surface area contributed by atoms with Gasteiger partial charge in [0.25, 0.3) is 0 Å². The van der Waals surface area contributed by atoms with E-state index in [1.165, 1.54) is 0 Å². The monoisotopic (exact) mass is 150 g/mol. The van der Waals surface area contributed by atoms with Crippen molar-refractivity contribution in [3.8, 4) is 12.3 Å². The van der Waals surface area contributed by atoms with Crippen molar-refractivity contribution in [3.05, 3.63) is 18.2 Å². The van der Waals surface area contributed by atoms with Gasteiger partial charge in [0.2, 0.25) is 0 Å². The second-order valence-electron chi connectivity index (χ2n) is 2.39. The van der Waals surface area contributed by atoms with Crippen LogP contribution in [-0.2, 0) is 7.05 Å². The molecule has 0 spiro atoms. The van der Waals surface area contributed by atoms with Crippen LogP contribution in [0.5, 0.6) is 0 Å². The van der Waals surface area contributed by atoms with Gasteiger partial charge in [-0.25, -0.2) is 4.98 Å². The molecule has 1 heterocycles. The number of terminal acetylenes is 1. The van der Waals surface area contributed by atoms with Crippen LogP contribution in [0.2, 0.25) is 0 Å². The van der Waals surface area contributed by atoms with Gasteiger partial charge in [-0.1, -0.05) is 0 Å². The van der Waals surface area contributed by atoms with E-state index in [-0.39, 0.29) is 0 Å². The van der Waals surface area contributed by atoms with Crippen molar-refractivity contribution in [1.29, 1.82) is 0 Å². The Morgan fingerprint density at radius 3 is 3.09 bits per heavy atom. The quantitative estimate of drug-likeness (QED) is 0.622. The van der Waals surface area contributed by atoms with Crippen LogP contribution in [0.15, 0.2) is 12.5 Å². The van der Waals surface area contributed by atoms with E-state index in [1.54, 1.807) is 17.1 Å². The highest BCUT2D eigenvalue weighted by atomic mass is 16.3. The van der Waals surface area contributed by atoms with Crippen LogP contribution >= 0.6 is 0 Å². The van der Waals surface area contributed by atoms with Crippen LogP contribution < -0.4 is 0 Å². The van der Waals surface area contributed by atoms with Crippen molar-refractivity contribution in [2.75, 3.05) is 0 Å². The summed E-state index contributed by atoms with van der Waals surface area (Å²) in [6.45, 7) is 0. The molecule has 3 nitrogen and oxygen atoms in total. The Morgan fingerprint density at radius 2 is 2.64 bits per heavy atom. The number of aliphatic hydroxyl groups excluding tert-OH is 1. The third-order valence-corrected chi connectivity index (χ3v) is 1.38. The summed E-state index contributed by atoms with van der Waals surface area (Å²) in [5.74, 6) is 2.38. The van der Waals surface area contributed by atoms with Crippen molar-refractivity contribution in [3.63, 3.8) is 0 Å². The molecule has 1 aromatic rings. The SMILES string of the molecule is C#CCC(O)c1cn(C)cn1. The van der Waals surface area contributed by atoms with Crippen molar-refractivity contribution >= 4 is 0 Å². The summed E-state index contributed by atoms with van der Waals surface area (Å²) < 4.78 is 1.77. The fourth-order valence-corrected chi connectivity index (χ4v) is 0.821. The van der Waals surface area contributed by atoms with Crippen LogP contribution in [-0.4, -0.2) is 14.7 Å². The minimum Gasteiger partial charge on any atom is -0.386 e. The maximum atomic E-state index is 9.32.